The first-order valence-corrected chi connectivity index (χ1v) is 13.0. The van der Waals surface area contributed by atoms with Gasteiger partial charge in [0.1, 0.15) is 0 Å². The van der Waals surface area contributed by atoms with Gasteiger partial charge in [-0.2, -0.15) is 0 Å². The zero-order valence-corrected chi connectivity index (χ0v) is 19.9. The Morgan fingerprint density at radius 1 is 0.931 bits per heavy atom. The first kappa shape index (κ1) is 22.1. The monoisotopic (exact) mass is 404 g/mol. The minimum absolute atomic E-state index is 0.0460. The molecule has 0 aromatic heterocycles. The van der Waals surface area contributed by atoms with Gasteiger partial charge in [-0.3, -0.25) is 0 Å². The molecule has 4 fully saturated rings. The Morgan fingerprint density at radius 3 is 2.34 bits per heavy atom. The molecule has 0 bridgehead atoms. The van der Waals surface area contributed by atoms with Crippen molar-refractivity contribution in [2.24, 2.45) is 46.3 Å². The quantitative estimate of drug-likeness (QED) is 0.543. The Balaban J connectivity index is 1.50. The van der Waals surface area contributed by atoms with Crippen LogP contribution >= 0.6 is 0 Å². The van der Waals surface area contributed by atoms with Crippen molar-refractivity contribution in [2.75, 3.05) is 0 Å². The summed E-state index contributed by atoms with van der Waals surface area (Å²) < 4.78 is 0. The van der Waals surface area contributed by atoms with E-state index in [4.69, 9.17) is 0 Å². The second kappa shape index (κ2) is 7.80. The maximum absolute atomic E-state index is 11.6. The van der Waals surface area contributed by atoms with Crippen LogP contribution in [0.4, 0.5) is 0 Å². The van der Waals surface area contributed by atoms with Crippen LogP contribution in [0, 0.1) is 46.3 Å². The van der Waals surface area contributed by atoms with Gasteiger partial charge in [-0.1, -0.05) is 40.5 Å². The lowest BCUT2D eigenvalue weighted by atomic mass is 9.44. The fraction of sp³-hybridized carbons (Fsp3) is 1.00. The largest absolute Gasteiger partial charge is 0.393 e. The van der Waals surface area contributed by atoms with E-state index in [0.29, 0.717) is 16.7 Å². The Morgan fingerprint density at radius 2 is 1.62 bits per heavy atom. The Hall–Kier alpha value is -0.0800. The van der Waals surface area contributed by atoms with Crippen molar-refractivity contribution in [3.05, 3.63) is 0 Å². The van der Waals surface area contributed by atoms with Crippen molar-refractivity contribution in [3.8, 4) is 0 Å². The van der Waals surface area contributed by atoms with Crippen LogP contribution in [0.5, 0.6) is 0 Å². The molecule has 168 valence electrons. The fourth-order valence-electron chi connectivity index (χ4n) is 9.30. The SMILES string of the molecule is CC(C)CCC[C@](C)(O)[C@H]1CC[C@H]2[C@@H]3CCC4CC(O)CC[C@]4(C)[C@H]3CC[C@@]21C. The van der Waals surface area contributed by atoms with Crippen LogP contribution in [0.3, 0.4) is 0 Å². The number of aliphatic hydroxyl groups is 2. The molecule has 4 aliphatic rings. The van der Waals surface area contributed by atoms with Crippen LogP contribution < -0.4 is 0 Å². The average Bonchev–Trinajstić information content (AvgIpc) is 3.00. The third-order valence-corrected chi connectivity index (χ3v) is 10.9. The summed E-state index contributed by atoms with van der Waals surface area (Å²) in [6, 6.07) is 0. The molecule has 2 heteroatoms. The van der Waals surface area contributed by atoms with E-state index in [1.54, 1.807) is 0 Å². The molecular weight excluding hydrogens is 356 g/mol. The number of aliphatic hydroxyl groups excluding tert-OH is 1. The third kappa shape index (κ3) is 3.73. The van der Waals surface area contributed by atoms with E-state index in [9.17, 15) is 10.2 Å². The van der Waals surface area contributed by atoms with Gasteiger partial charge < -0.3 is 10.2 Å². The molecule has 0 radical (unpaired) electrons. The van der Waals surface area contributed by atoms with Gasteiger partial charge in [0, 0.05) is 0 Å². The standard InChI is InChI=1S/C27H48O2/c1-18(2)7-6-14-27(5,29)24-11-10-22-21-9-8-19-17-20(28)12-15-25(19,3)23(21)13-16-26(22,24)4/h18-24,28-29H,6-17H2,1-5H3/t19?,20?,21-,22-,23-,24-,25-,26-,27-/m0/s1. The molecule has 0 spiro atoms. The molecule has 9 atom stereocenters. The van der Waals surface area contributed by atoms with Gasteiger partial charge in [0.25, 0.3) is 0 Å². The zero-order valence-electron chi connectivity index (χ0n) is 19.9. The number of fused-ring (bicyclic) bond motifs is 5. The van der Waals surface area contributed by atoms with E-state index in [2.05, 4.69) is 34.6 Å². The van der Waals surface area contributed by atoms with Crippen molar-refractivity contribution in [2.45, 2.75) is 123 Å². The summed E-state index contributed by atoms with van der Waals surface area (Å²) in [7, 11) is 0. The van der Waals surface area contributed by atoms with E-state index < -0.39 is 5.60 Å². The maximum Gasteiger partial charge on any atom is 0.0653 e. The highest BCUT2D eigenvalue weighted by atomic mass is 16.3. The second-order valence-corrected chi connectivity index (χ2v) is 12.9. The molecule has 2 N–H and O–H groups in total. The van der Waals surface area contributed by atoms with E-state index in [1.807, 2.05) is 0 Å². The molecular formula is C27H48O2. The van der Waals surface area contributed by atoms with E-state index in [-0.39, 0.29) is 6.10 Å². The van der Waals surface area contributed by atoms with Gasteiger partial charge in [-0.15, -0.1) is 0 Å². The van der Waals surface area contributed by atoms with Crippen molar-refractivity contribution in [3.63, 3.8) is 0 Å². The Labute approximate surface area is 180 Å². The molecule has 0 heterocycles. The molecule has 0 aromatic carbocycles. The van der Waals surface area contributed by atoms with E-state index in [1.165, 1.54) is 51.4 Å². The summed E-state index contributed by atoms with van der Waals surface area (Å²) in [6.07, 6.45) is 14.6. The normalized spacial score (nSPS) is 49.2. The van der Waals surface area contributed by atoms with Crippen molar-refractivity contribution < 1.29 is 10.2 Å². The molecule has 4 rings (SSSR count). The predicted molar refractivity (Wildman–Crippen MR) is 121 cm³/mol. The second-order valence-electron chi connectivity index (χ2n) is 12.9. The van der Waals surface area contributed by atoms with Crippen LogP contribution in [0.2, 0.25) is 0 Å². The van der Waals surface area contributed by atoms with Crippen LogP contribution in [0.25, 0.3) is 0 Å². The van der Waals surface area contributed by atoms with Gasteiger partial charge in [0.2, 0.25) is 0 Å². The van der Waals surface area contributed by atoms with Crippen molar-refractivity contribution in [1.82, 2.24) is 0 Å². The molecule has 2 nitrogen and oxygen atoms in total. The van der Waals surface area contributed by atoms with Crippen LogP contribution in [-0.2, 0) is 0 Å². The van der Waals surface area contributed by atoms with E-state index >= 15 is 0 Å². The summed E-state index contributed by atoms with van der Waals surface area (Å²) in [6.45, 7) is 11.9. The first-order chi connectivity index (χ1) is 13.6. The van der Waals surface area contributed by atoms with Gasteiger partial charge in [0.05, 0.1) is 11.7 Å². The first-order valence-electron chi connectivity index (χ1n) is 13.0. The fourth-order valence-corrected chi connectivity index (χ4v) is 9.30. The zero-order chi connectivity index (χ0) is 21.0. The summed E-state index contributed by atoms with van der Waals surface area (Å²) in [5.41, 5.74) is 0.294. The third-order valence-electron chi connectivity index (χ3n) is 10.9. The number of hydrogen-bond acceptors (Lipinski definition) is 2. The lowest BCUT2D eigenvalue weighted by Crippen LogP contribution is -2.55. The lowest BCUT2D eigenvalue weighted by Gasteiger charge is -2.61. The topological polar surface area (TPSA) is 40.5 Å². The van der Waals surface area contributed by atoms with Crippen LogP contribution in [0.1, 0.15) is 112 Å². The van der Waals surface area contributed by atoms with Gasteiger partial charge in [-0.25, -0.2) is 0 Å². The van der Waals surface area contributed by atoms with Crippen LogP contribution in [-0.4, -0.2) is 21.9 Å². The molecule has 0 aliphatic heterocycles. The summed E-state index contributed by atoms with van der Waals surface area (Å²) >= 11 is 0. The average molecular weight is 405 g/mol. The predicted octanol–water partition coefficient (Wildman–Crippen LogP) is 6.58. The van der Waals surface area contributed by atoms with Gasteiger partial charge in [0.15, 0.2) is 0 Å². The molecule has 29 heavy (non-hydrogen) atoms. The van der Waals surface area contributed by atoms with E-state index in [0.717, 1.165) is 55.3 Å². The number of rotatable bonds is 5. The van der Waals surface area contributed by atoms with Gasteiger partial charge >= 0.3 is 0 Å². The summed E-state index contributed by atoms with van der Waals surface area (Å²) in [5, 5.41) is 21.8. The lowest BCUT2D eigenvalue weighted by molar-refractivity contribution is -0.144. The molecule has 0 amide bonds. The molecule has 0 aromatic rings. The smallest absolute Gasteiger partial charge is 0.0653 e. The Bertz CT molecular complexity index is 583. The van der Waals surface area contributed by atoms with Crippen molar-refractivity contribution >= 4 is 0 Å². The van der Waals surface area contributed by atoms with Gasteiger partial charge in [-0.05, 0) is 117 Å². The molecule has 4 aliphatic carbocycles. The molecule has 2 unspecified atom stereocenters. The highest BCUT2D eigenvalue weighted by Crippen LogP contribution is 2.68. The van der Waals surface area contributed by atoms with Crippen LogP contribution in [0.15, 0.2) is 0 Å². The highest BCUT2D eigenvalue weighted by Gasteiger charge is 2.62. The molecule has 0 saturated heterocycles. The molecule has 4 saturated carbocycles. The van der Waals surface area contributed by atoms with Crippen molar-refractivity contribution in [1.29, 1.82) is 0 Å². The summed E-state index contributed by atoms with van der Waals surface area (Å²) in [4.78, 5) is 0. The number of hydrogen-bond donors (Lipinski definition) is 2. The Kier molecular flexibility index (Phi) is 5.95. The maximum atomic E-state index is 11.6. The highest BCUT2D eigenvalue weighted by molar-refractivity contribution is 5.11. The minimum atomic E-state index is -0.499. The minimum Gasteiger partial charge on any atom is -0.393 e. The summed E-state index contributed by atoms with van der Waals surface area (Å²) in [5.74, 6) is 4.49.